The Morgan fingerprint density at radius 3 is 2.52 bits per heavy atom. The number of likely N-dealkylation sites (tertiary alicyclic amines) is 2. The van der Waals surface area contributed by atoms with Gasteiger partial charge in [-0.15, -0.1) is 0 Å². The van der Waals surface area contributed by atoms with Crippen LogP contribution in [0.5, 0.6) is 5.75 Å². The van der Waals surface area contributed by atoms with Crippen molar-refractivity contribution in [2.45, 2.75) is 89.6 Å². The highest BCUT2D eigenvalue weighted by Gasteiger charge is 2.31. The number of piperidine rings is 1. The normalized spacial score (nSPS) is 22.8. The lowest BCUT2D eigenvalue weighted by Crippen LogP contribution is -2.51. The Labute approximate surface area is 240 Å². The van der Waals surface area contributed by atoms with Gasteiger partial charge in [0, 0.05) is 56.6 Å². The molecule has 8 heteroatoms. The highest BCUT2D eigenvalue weighted by Crippen LogP contribution is 2.24. The van der Waals surface area contributed by atoms with E-state index in [1.807, 2.05) is 30.5 Å². The maximum absolute atomic E-state index is 13.4. The molecule has 2 unspecified atom stereocenters. The van der Waals surface area contributed by atoms with Crippen molar-refractivity contribution < 1.29 is 9.53 Å². The van der Waals surface area contributed by atoms with Crippen molar-refractivity contribution >= 4 is 17.7 Å². The van der Waals surface area contributed by atoms with Gasteiger partial charge in [0.2, 0.25) is 5.95 Å². The fraction of sp³-hybridized carbons (Fsp3) is 0.656. The highest BCUT2D eigenvalue weighted by atomic mass is 16.5. The number of carbonyl (C=O) groups is 1. The monoisotopic (exact) mass is 548 g/mol. The van der Waals surface area contributed by atoms with Gasteiger partial charge in [-0.3, -0.25) is 9.69 Å². The smallest absolute Gasteiger partial charge is 0.253 e. The van der Waals surface area contributed by atoms with E-state index >= 15 is 0 Å². The summed E-state index contributed by atoms with van der Waals surface area (Å²) in [5.41, 5.74) is 0.750. The molecule has 5 rings (SSSR count). The van der Waals surface area contributed by atoms with Gasteiger partial charge in [-0.05, 0) is 81.8 Å². The molecule has 3 saturated heterocycles. The van der Waals surface area contributed by atoms with Crippen molar-refractivity contribution in [1.82, 2.24) is 19.8 Å². The molecule has 0 radical (unpaired) electrons. The van der Waals surface area contributed by atoms with Crippen LogP contribution < -0.4 is 15.0 Å². The Kier molecular flexibility index (Phi) is 10.5. The van der Waals surface area contributed by atoms with Gasteiger partial charge in [-0.1, -0.05) is 32.6 Å². The second-order valence-electron chi connectivity index (χ2n) is 11.7. The SMILES string of the molecule is CCCCOc1ccc(C(=O)N2CCCC(N3CCCCC(Nc4nccc(N5CCCCCC5)n4)C3)C2)cc1. The zero-order valence-electron chi connectivity index (χ0n) is 24.4. The zero-order chi connectivity index (χ0) is 27.6. The molecular formula is C32H48N6O2. The van der Waals surface area contributed by atoms with Crippen molar-refractivity contribution in [3.8, 4) is 5.75 Å². The van der Waals surface area contributed by atoms with Crippen molar-refractivity contribution in [1.29, 1.82) is 0 Å². The maximum Gasteiger partial charge on any atom is 0.253 e. The van der Waals surface area contributed by atoms with E-state index in [-0.39, 0.29) is 5.91 Å². The fourth-order valence-electron chi connectivity index (χ4n) is 6.35. The molecule has 1 aromatic heterocycles. The first kappa shape index (κ1) is 28.7. The summed E-state index contributed by atoms with van der Waals surface area (Å²) in [5, 5.41) is 3.69. The molecule has 2 aromatic rings. The summed E-state index contributed by atoms with van der Waals surface area (Å²) in [5.74, 6) is 2.77. The van der Waals surface area contributed by atoms with E-state index in [0.29, 0.717) is 12.1 Å². The highest BCUT2D eigenvalue weighted by molar-refractivity contribution is 5.94. The van der Waals surface area contributed by atoms with Crippen molar-refractivity contribution in [3.05, 3.63) is 42.1 Å². The number of nitrogens with zero attached hydrogens (tertiary/aromatic N) is 5. The number of aromatic nitrogens is 2. The van der Waals surface area contributed by atoms with Gasteiger partial charge in [0.15, 0.2) is 0 Å². The lowest BCUT2D eigenvalue weighted by atomic mass is 10.0. The molecule has 1 aromatic carbocycles. The largest absolute Gasteiger partial charge is 0.494 e. The van der Waals surface area contributed by atoms with E-state index in [9.17, 15) is 4.79 Å². The first-order chi connectivity index (χ1) is 19.7. The Bertz CT molecular complexity index is 1060. The van der Waals surface area contributed by atoms with Crippen LogP contribution in [-0.4, -0.2) is 83.6 Å². The summed E-state index contributed by atoms with van der Waals surface area (Å²) < 4.78 is 5.78. The van der Waals surface area contributed by atoms with Crippen LogP contribution in [0.3, 0.4) is 0 Å². The maximum atomic E-state index is 13.4. The third kappa shape index (κ3) is 7.87. The van der Waals surface area contributed by atoms with Gasteiger partial charge in [0.1, 0.15) is 11.6 Å². The third-order valence-corrected chi connectivity index (χ3v) is 8.67. The number of hydrogen-bond acceptors (Lipinski definition) is 7. The molecule has 2 atom stereocenters. The first-order valence-electron chi connectivity index (χ1n) is 15.8. The van der Waals surface area contributed by atoms with Gasteiger partial charge >= 0.3 is 0 Å². The Morgan fingerprint density at radius 2 is 1.73 bits per heavy atom. The predicted octanol–water partition coefficient (Wildman–Crippen LogP) is 5.61. The van der Waals surface area contributed by atoms with Crippen LogP contribution in [0.4, 0.5) is 11.8 Å². The van der Waals surface area contributed by atoms with E-state index in [4.69, 9.17) is 9.72 Å². The molecule has 1 amide bonds. The topological polar surface area (TPSA) is 73.8 Å². The summed E-state index contributed by atoms with van der Waals surface area (Å²) >= 11 is 0. The van der Waals surface area contributed by atoms with Crippen molar-refractivity contribution in [2.24, 2.45) is 0 Å². The van der Waals surface area contributed by atoms with E-state index < -0.39 is 0 Å². The minimum atomic E-state index is 0.132. The fourth-order valence-corrected chi connectivity index (χ4v) is 6.35. The quantitative estimate of drug-likeness (QED) is 0.409. The van der Waals surface area contributed by atoms with Crippen LogP contribution in [-0.2, 0) is 0 Å². The van der Waals surface area contributed by atoms with Crippen LogP contribution in [0, 0.1) is 0 Å². The summed E-state index contributed by atoms with van der Waals surface area (Å²) in [7, 11) is 0. The molecule has 218 valence electrons. The van der Waals surface area contributed by atoms with Gasteiger partial charge in [0.05, 0.1) is 6.61 Å². The van der Waals surface area contributed by atoms with E-state index in [1.165, 1.54) is 38.5 Å². The van der Waals surface area contributed by atoms with Gasteiger partial charge in [-0.2, -0.15) is 4.98 Å². The molecule has 0 bridgehead atoms. The molecule has 40 heavy (non-hydrogen) atoms. The van der Waals surface area contributed by atoms with Gasteiger partial charge < -0.3 is 19.9 Å². The number of hydrogen-bond donors (Lipinski definition) is 1. The Hall–Kier alpha value is -2.87. The third-order valence-electron chi connectivity index (χ3n) is 8.67. The van der Waals surface area contributed by atoms with Crippen LogP contribution in [0.1, 0.15) is 87.9 Å². The molecule has 3 aliphatic heterocycles. The summed E-state index contributed by atoms with van der Waals surface area (Å²) in [6.45, 7) is 8.72. The summed E-state index contributed by atoms with van der Waals surface area (Å²) in [4.78, 5) is 30.0. The van der Waals surface area contributed by atoms with Crippen LogP contribution in [0.2, 0.25) is 0 Å². The van der Waals surface area contributed by atoms with Crippen LogP contribution in [0.25, 0.3) is 0 Å². The predicted molar refractivity (Wildman–Crippen MR) is 161 cm³/mol. The van der Waals surface area contributed by atoms with E-state index in [2.05, 4.69) is 38.0 Å². The molecular weight excluding hydrogens is 500 g/mol. The average Bonchev–Trinajstić information content (AvgIpc) is 3.41. The minimum absolute atomic E-state index is 0.132. The Morgan fingerprint density at radius 1 is 0.925 bits per heavy atom. The molecule has 3 aliphatic rings. The minimum Gasteiger partial charge on any atom is -0.494 e. The molecule has 0 spiro atoms. The second-order valence-corrected chi connectivity index (χ2v) is 11.7. The van der Waals surface area contributed by atoms with E-state index in [1.54, 1.807) is 0 Å². The lowest BCUT2D eigenvalue weighted by molar-refractivity contribution is 0.0575. The van der Waals surface area contributed by atoms with Crippen LogP contribution in [0.15, 0.2) is 36.5 Å². The zero-order valence-corrected chi connectivity index (χ0v) is 24.4. The van der Waals surface area contributed by atoms with Gasteiger partial charge in [0.25, 0.3) is 5.91 Å². The standard InChI is InChI=1S/C32H48N6O2/c1-2-3-23-40-29-15-13-26(14-16-29)31(39)38-22-10-12-28(25-38)37-21-9-6-11-27(24-37)34-32-33-18-17-30(35-32)36-19-7-4-5-8-20-36/h13-18,27-28H,2-12,19-25H2,1H3,(H,33,34,35). The number of benzene rings is 1. The summed E-state index contributed by atoms with van der Waals surface area (Å²) in [6.07, 6.45) is 14.9. The second kappa shape index (κ2) is 14.7. The van der Waals surface area contributed by atoms with Crippen LogP contribution >= 0.6 is 0 Å². The molecule has 1 N–H and O–H groups in total. The Balaban J connectivity index is 1.17. The number of amides is 1. The molecule has 4 heterocycles. The van der Waals surface area contributed by atoms with Crippen molar-refractivity contribution in [2.75, 3.05) is 56.1 Å². The lowest BCUT2D eigenvalue weighted by Gasteiger charge is -2.40. The molecule has 0 aliphatic carbocycles. The molecule has 3 fully saturated rings. The average molecular weight is 549 g/mol. The first-order valence-corrected chi connectivity index (χ1v) is 15.8. The van der Waals surface area contributed by atoms with Gasteiger partial charge in [-0.25, -0.2) is 4.98 Å². The van der Waals surface area contributed by atoms with E-state index in [0.717, 1.165) is 101 Å². The number of rotatable bonds is 9. The summed E-state index contributed by atoms with van der Waals surface area (Å²) in [6, 6.07) is 10.4. The number of anilines is 2. The van der Waals surface area contributed by atoms with Crippen molar-refractivity contribution in [3.63, 3.8) is 0 Å². The molecule has 8 nitrogen and oxygen atoms in total. The number of ether oxygens (including phenoxy) is 1. The number of unbranched alkanes of at least 4 members (excludes halogenated alkanes) is 1. The molecule has 0 saturated carbocycles. The number of carbonyl (C=O) groups excluding carboxylic acids is 1. The number of nitrogens with one attached hydrogen (secondary N) is 1.